The minimum absolute atomic E-state index is 0.272. The van der Waals surface area contributed by atoms with Gasteiger partial charge in [0.1, 0.15) is 0 Å². The first-order valence-electron chi connectivity index (χ1n) is 5.26. The third-order valence-corrected chi connectivity index (χ3v) is 2.88. The fourth-order valence-corrected chi connectivity index (χ4v) is 1.58. The van der Waals surface area contributed by atoms with Crippen molar-refractivity contribution in [2.45, 2.75) is 39.2 Å². The molecule has 0 fully saturated rings. The van der Waals surface area contributed by atoms with Crippen molar-refractivity contribution in [3.8, 4) is 0 Å². The number of nitrogens with two attached hydrogens (primary N) is 1. The van der Waals surface area contributed by atoms with E-state index in [1.165, 1.54) is 5.56 Å². The first-order chi connectivity index (χ1) is 6.61. The number of pyridine rings is 1. The average Bonchev–Trinajstić information content (AvgIpc) is 2.19. The Morgan fingerprint density at radius 1 is 1.36 bits per heavy atom. The van der Waals surface area contributed by atoms with Crippen molar-refractivity contribution in [1.82, 2.24) is 4.98 Å². The fourth-order valence-electron chi connectivity index (χ4n) is 1.58. The molecule has 0 aromatic carbocycles. The van der Waals surface area contributed by atoms with Gasteiger partial charge in [0.2, 0.25) is 0 Å². The van der Waals surface area contributed by atoms with Gasteiger partial charge in [-0.05, 0) is 36.8 Å². The van der Waals surface area contributed by atoms with E-state index < -0.39 is 0 Å². The van der Waals surface area contributed by atoms with Crippen LogP contribution in [-0.2, 0) is 0 Å². The molecular formula is C12H20N2. The van der Waals surface area contributed by atoms with Gasteiger partial charge in [0.25, 0.3) is 0 Å². The molecule has 1 heterocycles. The molecule has 0 spiro atoms. The van der Waals surface area contributed by atoms with Crippen LogP contribution in [0.2, 0.25) is 0 Å². The maximum atomic E-state index is 5.85. The molecule has 1 rings (SSSR count). The van der Waals surface area contributed by atoms with Gasteiger partial charge in [0.05, 0.1) is 0 Å². The molecule has 0 aliphatic carbocycles. The molecule has 0 bridgehead atoms. The number of aromatic nitrogens is 1. The summed E-state index contributed by atoms with van der Waals surface area (Å²) in [5, 5.41) is 0. The summed E-state index contributed by atoms with van der Waals surface area (Å²) in [7, 11) is 0. The van der Waals surface area contributed by atoms with E-state index in [1.807, 2.05) is 18.5 Å². The Labute approximate surface area is 86.5 Å². The summed E-state index contributed by atoms with van der Waals surface area (Å²) < 4.78 is 0. The molecule has 1 aromatic heterocycles. The molecule has 0 aliphatic rings. The summed E-state index contributed by atoms with van der Waals surface area (Å²) in [6, 6.07) is 4.39. The molecule has 0 saturated heterocycles. The standard InChI is InChI=1S/C12H20N2/c1-9(11(3)13)7-10(2)12-5-4-6-14-8-12/h4-6,8-11H,7,13H2,1-3H3. The summed E-state index contributed by atoms with van der Waals surface area (Å²) in [6.45, 7) is 6.51. The van der Waals surface area contributed by atoms with Crippen molar-refractivity contribution in [2.24, 2.45) is 11.7 Å². The zero-order valence-corrected chi connectivity index (χ0v) is 9.27. The molecule has 0 amide bonds. The van der Waals surface area contributed by atoms with Crippen molar-refractivity contribution in [2.75, 3.05) is 0 Å². The lowest BCUT2D eigenvalue weighted by atomic mass is 9.89. The minimum atomic E-state index is 0.272. The normalized spacial score (nSPS) is 17.4. The van der Waals surface area contributed by atoms with Crippen LogP contribution in [-0.4, -0.2) is 11.0 Å². The third-order valence-electron chi connectivity index (χ3n) is 2.88. The molecule has 14 heavy (non-hydrogen) atoms. The van der Waals surface area contributed by atoms with E-state index in [0.29, 0.717) is 11.8 Å². The summed E-state index contributed by atoms with van der Waals surface area (Å²) >= 11 is 0. The number of hydrogen-bond donors (Lipinski definition) is 1. The summed E-state index contributed by atoms with van der Waals surface area (Å²) in [4.78, 5) is 4.13. The van der Waals surface area contributed by atoms with Crippen LogP contribution in [0.5, 0.6) is 0 Å². The summed E-state index contributed by atoms with van der Waals surface area (Å²) in [5.41, 5.74) is 7.15. The van der Waals surface area contributed by atoms with Crippen molar-refractivity contribution >= 4 is 0 Å². The van der Waals surface area contributed by atoms with E-state index in [1.54, 1.807) is 0 Å². The van der Waals surface area contributed by atoms with Crippen LogP contribution in [0.25, 0.3) is 0 Å². The predicted octanol–water partition coefficient (Wildman–Crippen LogP) is 2.56. The first kappa shape index (κ1) is 11.2. The molecule has 0 aliphatic heterocycles. The molecule has 78 valence electrons. The maximum Gasteiger partial charge on any atom is 0.0302 e. The van der Waals surface area contributed by atoms with Crippen LogP contribution in [0, 0.1) is 5.92 Å². The van der Waals surface area contributed by atoms with E-state index in [2.05, 4.69) is 31.8 Å². The Morgan fingerprint density at radius 3 is 2.57 bits per heavy atom. The Bertz CT molecular complexity index is 256. The highest BCUT2D eigenvalue weighted by Crippen LogP contribution is 2.23. The molecule has 0 saturated carbocycles. The average molecular weight is 192 g/mol. The van der Waals surface area contributed by atoms with Crippen LogP contribution in [0.1, 0.15) is 38.7 Å². The molecule has 3 unspecified atom stereocenters. The van der Waals surface area contributed by atoms with Crippen molar-refractivity contribution in [3.05, 3.63) is 30.1 Å². The quantitative estimate of drug-likeness (QED) is 0.796. The Balaban J connectivity index is 2.55. The van der Waals surface area contributed by atoms with Gasteiger partial charge < -0.3 is 5.73 Å². The zero-order valence-electron chi connectivity index (χ0n) is 9.27. The van der Waals surface area contributed by atoms with E-state index in [9.17, 15) is 0 Å². The van der Waals surface area contributed by atoms with Gasteiger partial charge in [-0.15, -0.1) is 0 Å². The highest BCUT2D eigenvalue weighted by Gasteiger charge is 2.13. The molecular weight excluding hydrogens is 172 g/mol. The molecule has 1 aromatic rings. The molecule has 2 nitrogen and oxygen atoms in total. The topological polar surface area (TPSA) is 38.9 Å². The smallest absolute Gasteiger partial charge is 0.0302 e. The van der Waals surface area contributed by atoms with E-state index >= 15 is 0 Å². The largest absolute Gasteiger partial charge is 0.328 e. The molecule has 0 radical (unpaired) electrons. The second-order valence-corrected chi connectivity index (χ2v) is 4.26. The van der Waals surface area contributed by atoms with Crippen LogP contribution in [0.3, 0.4) is 0 Å². The second-order valence-electron chi connectivity index (χ2n) is 4.26. The number of rotatable bonds is 4. The Kier molecular flexibility index (Phi) is 4.08. The second kappa shape index (κ2) is 5.11. The first-order valence-corrected chi connectivity index (χ1v) is 5.26. The van der Waals surface area contributed by atoms with E-state index in [-0.39, 0.29) is 6.04 Å². The Hall–Kier alpha value is -0.890. The van der Waals surface area contributed by atoms with Crippen LogP contribution >= 0.6 is 0 Å². The van der Waals surface area contributed by atoms with Gasteiger partial charge >= 0.3 is 0 Å². The van der Waals surface area contributed by atoms with Crippen molar-refractivity contribution < 1.29 is 0 Å². The van der Waals surface area contributed by atoms with Crippen LogP contribution < -0.4 is 5.73 Å². The third kappa shape index (κ3) is 3.11. The monoisotopic (exact) mass is 192 g/mol. The van der Waals surface area contributed by atoms with Gasteiger partial charge in [-0.3, -0.25) is 4.98 Å². The lowest BCUT2D eigenvalue weighted by molar-refractivity contribution is 0.419. The van der Waals surface area contributed by atoms with Gasteiger partial charge in [0.15, 0.2) is 0 Å². The zero-order chi connectivity index (χ0) is 10.6. The SMILES string of the molecule is CC(CC(C)C(C)N)c1cccnc1. The van der Waals surface area contributed by atoms with Crippen molar-refractivity contribution in [3.63, 3.8) is 0 Å². The van der Waals surface area contributed by atoms with E-state index in [4.69, 9.17) is 5.73 Å². The minimum Gasteiger partial charge on any atom is -0.328 e. The van der Waals surface area contributed by atoms with E-state index in [0.717, 1.165) is 6.42 Å². The van der Waals surface area contributed by atoms with Crippen LogP contribution in [0.15, 0.2) is 24.5 Å². The molecule has 2 heteroatoms. The van der Waals surface area contributed by atoms with Gasteiger partial charge in [0, 0.05) is 18.4 Å². The highest BCUT2D eigenvalue weighted by atomic mass is 14.6. The lowest BCUT2D eigenvalue weighted by Crippen LogP contribution is -2.25. The van der Waals surface area contributed by atoms with Gasteiger partial charge in [-0.25, -0.2) is 0 Å². The summed E-state index contributed by atoms with van der Waals surface area (Å²) in [6.07, 6.45) is 4.88. The fraction of sp³-hybridized carbons (Fsp3) is 0.583. The maximum absolute atomic E-state index is 5.85. The Morgan fingerprint density at radius 2 is 2.07 bits per heavy atom. The van der Waals surface area contributed by atoms with Gasteiger partial charge in [-0.1, -0.05) is 19.9 Å². The highest BCUT2D eigenvalue weighted by molar-refractivity contribution is 5.13. The van der Waals surface area contributed by atoms with Crippen molar-refractivity contribution in [1.29, 1.82) is 0 Å². The number of hydrogen-bond acceptors (Lipinski definition) is 2. The molecule has 2 N–H and O–H groups in total. The van der Waals surface area contributed by atoms with Crippen LogP contribution in [0.4, 0.5) is 0 Å². The predicted molar refractivity (Wildman–Crippen MR) is 60.1 cm³/mol. The van der Waals surface area contributed by atoms with Gasteiger partial charge in [-0.2, -0.15) is 0 Å². The lowest BCUT2D eigenvalue weighted by Gasteiger charge is -2.20. The molecule has 3 atom stereocenters. The summed E-state index contributed by atoms with van der Waals surface area (Å²) in [5.74, 6) is 1.11. The number of nitrogens with zero attached hydrogens (tertiary/aromatic N) is 1.